The van der Waals surface area contributed by atoms with E-state index in [2.05, 4.69) is 25.6 Å². The van der Waals surface area contributed by atoms with E-state index in [9.17, 15) is 4.79 Å². The highest BCUT2D eigenvalue weighted by Crippen LogP contribution is 2.12. The first-order chi connectivity index (χ1) is 13.6. The highest BCUT2D eigenvalue weighted by molar-refractivity contribution is 5.92. The minimum absolute atomic E-state index is 0.255. The van der Waals surface area contributed by atoms with Crippen LogP contribution in [0.2, 0.25) is 0 Å². The fourth-order valence-corrected chi connectivity index (χ4v) is 2.67. The van der Waals surface area contributed by atoms with E-state index in [1.807, 2.05) is 42.5 Å². The number of benzene rings is 1. The Kier molecular flexibility index (Phi) is 6.51. The van der Waals surface area contributed by atoms with Gasteiger partial charge in [0.25, 0.3) is 5.91 Å². The van der Waals surface area contributed by atoms with Crippen LogP contribution in [0.4, 0.5) is 5.82 Å². The lowest BCUT2D eigenvalue weighted by molar-refractivity contribution is 0.0945. The van der Waals surface area contributed by atoms with Crippen molar-refractivity contribution in [3.8, 4) is 5.75 Å². The van der Waals surface area contributed by atoms with Gasteiger partial charge in [-0.25, -0.2) is 9.97 Å². The van der Waals surface area contributed by atoms with Crippen LogP contribution >= 0.6 is 0 Å². The summed E-state index contributed by atoms with van der Waals surface area (Å²) in [5.74, 6) is 1.75. The summed E-state index contributed by atoms with van der Waals surface area (Å²) < 4.78 is 5.17. The second-order valence-corrected chi connectivity index (χ2v) is 6.21. The predicted octanol–water partition coefficient (Wildman–Crippen LogP) is 2.77. The fraction of sp³-hybridized carbons (Fsp3) is 0.238. The summed E-state index contributed by atoms with van der Waals surface area (Å²) in [5, 5.41) is 6.09. The number of carbonyl (C=O) groups excluding carboxylic acids is 1. The largest absolute Gasteiger partial charge is 0.497 e. The number of nitrogens with zero attached hydrogens (tertiary/aromatic N) is 3. The molecule has 2 aromatic heterocycles. The number of nitrogens with one attached hydrogen (secondary N) is 2. The van der Waals surface area contributed by atoms with Crippen molar-refractivity contribution in [3.63, 3.8) is 0 Å². The van der Waals surface area contributed by atoms with Crippen LogP contribution in [0.3, 0.4) is 0 Å². The van der Waals surface area contributed by atoms with E-state index in [-0.39, 0.29) is 5.91 Å². The normalized spacial score (nSPS) is 10.4. The van der Waals surface area contributed by atoms with Gasteiger partial charge in [0.15, 0.2) is 0 Å². The first-order valence-electron chi connectivity index (χ1n) is 9.04. The van der Waals surface area contributed by atoms with E-state index < -0.39 is 0 Å². The van der Waals surface area contributed by atoms with Crippen molar-refractivity contribution in [2.45, 2.75) is 19.9 Å². The molecule has 7 nitrogen and oxygen atoms in total. The van der Waals surface area contributed by atoms with Crippen molar-refractivity contribution in [1.29, 1.82) is 0 Å². The third-order valence-corrected chi connectivity index (χ3v) is 4.11. The van der Waals surface area contributed by atoms with E-state index >= 15 is 0 Å². The number of hydrogen-bond acceptors (Lipinski definition) is 6. The number of hydrogen-bond donors (Lipinski definition) is 2. The summed E-state index contributed by atoms with van der Waals surface area (Å²) >= 11 is 0. The van der Waals surface area contributed by atoms with Crippen molar-refractivity contribution in [2.75, 3.05) is 19.0 Å². The standard InChI is InChI=1S/C21H23N5O2/c1-15-25-19(21(27)24-14-17-5-3-4-11-22-17)13-20(26-15)23-12-10-16-6-8-18(28-2)9-7-16/h3-9,11,13H,10,12,14H2,1-2H3,(H,24,27)(H,23,25,26). The number of ether oxygens (including phenoxy) is 1. The molecule has 0 bridgehead atoms. The number of aryl methyl sites for hydroxylation is 1. The van der Waals surface area contributed by atoms with E-state index in [1.165, 1.54) is 5.56 Å². The molecule has 0 saturated heterocycles. The zero-order valence-electron chi connectivity index (χ0n) is 16.0. The van der Waals surface area contributed by atoms with Crippen molar-refractivity contribution in [3.05, 3.63) is 77.5 Å². The third kappa shape index (κ3) is 5.51. The highest BCUT2D eigenvalue weighted by atomic mass is 16.5. The molecule has 1 aromatic carbocycles. The number of pyridine rings is 1. The second kappa shape index (κ2) is 9.45. The van der Waals surface area contributed by atoms with Gasteiger partial charge in [-0.2, -0.15) is 0 Å². The average Bonchev–Trinajstić information content (AvgIpc) is 2.73. The van der Waals surface area contributed by atoms with Gasteiger partial charge >= 0.3 is 0 Å². The molecule has 144 valence electrons. The number of methoxy groups -OCH3 is 1. The predicted molar refractivity (Wildman–Crippen MR) is 107 cm³/mol. The first-order valence-corrected chi connectivity index (χ1v) is 9.04. The Hall–Kier alpha value is -3.48. The van der Waals surface area contributed by atoms with E-state index in [1.54, 1.807) is 26.3 Å². The van der Waals surface area contributed by atoms with Gasteiger partial charge in [-0.15, -0.1) is 0 Å². The maximum Gasteiger partial charge on any atom is 0.270 e. The monoisotopic (exact) mass is 377 g/mol. The summed E-state index contributed by atoms with van der Waals surface area (Å²) in [6.45, 7) is 2.81. The summed E-state index contributed by atoms with van der Waals surface area (Å²) in [6, 6.07) is 15.2. The molecule has 0 aliphatic carbocycles. The molecule has 3 rings (SSSR count). The van der Waals surface area contributed by atoms with Gasteiger partial charge in [0, 0.05) is 18.8 Å². The first kappa shape index (κ1) is 19.3. The SMILES string of the molecule is COc1ccc(CCNc2cc(C(=O)NCc3ccccn3)nc(C)n2)cc1. The van der Waals surface area contributed by atoms with E-state index in [0.717, 1.165) is 17.9 Å². The van der Waals surface area contributed by atoms with Gasteiger partial charge in [0.1, 0.15) is 23.1 Å². The Balaban J connectivity index is 1.56. The number of aromatic nitrogens is 3. The molecule has 0 spiro atoms. The van der Waals surface area contributed by atoms with Crippen LogP contribution in [0, 0.1) is 6.92 Å². The molecule has 0 aliphatic rings. The number of rotatable bonds is 8. The smallest absolute Gasteiger partial charge is 0.270 e. The Morgan fingerprint density at radius 1 is 1.11 bits per heavy atom. The van der Waals surface area contributed by atoms with E-state index in [4.69, 9.17) is 4.74 Å². The zero-order valence-corrected chi connectivity index (χ0v) is 16.0. The lowest BCUT2D eigenvalue weighted by Crippen LogP contribution is -2.25. The van der Waals surface area contributed by atoms with Gasteiger partial charge in [-0.05, 0) is 43.2 Å². The molecule has 0 atom stereocenters. The van der Waals surface area contributed by atoms with Gasteiger partial charge in [0.05, 0.1) is 19.3 Å². The molecule has 2 N–H and O–H groups in total. The average molecular weight is 377 g/mol. The lowest BCUT2D eigenvalue weighted by atomic mass is 10.1. The summed E-state index contributed by atoms with van der Waals surface area (Å²) in [6.07, 6.45) is 2.52. The molecule has 28 heavy (non-hydrogen) atoms. The quantitative estimate of drug-likeness (QED) is 0.627. The third-order valence-electron chi connectivity index (χ3n) is 4.11. The van der Waals surface area contributed by atoms with Crippen molar-refractivity contribution >= 4 is 11.7 Å². The molecule has 3 aromatic rings. The lowest BCUT2D eigenvalue weighted by Gasteiger charge is -2.09. The van der Waals surface area contributed by atoms with Crippen molar-refractivity contribution in [1.82, 2.24) is 20.3 Å². The van der Waals surface area contributed by atoms with Crippen LogP contribution < -0.4 is 15.4 Å². The van der Waals surface area contributed by atoms with Gasteiger partial charge in [0.2, 0.25) is 0 Å². The van der Waals surface area contributed by atoms with Gasteiger partial charge in [-0.3, -0.25) is 9.78 Å². The molecule has 0 unspecified atom stereocenters. The number of amides is 1. The fourth-order valence-electron chi connectivity index (χ4n) is 2.67. The number of carbonyl (C=O) groups is 1. The topological polar surface area (TPSA) is 89.0 Å². The molecule has 7 heteroatoms. The molecule has 1 amide bonds. The Labute approximate surface area is 164 Å². The molecule has 2 heterocycles. The van der Waals surface area contributed by atoms with Crippen LogP contribution in [0.25, 0.3) is 0 Å². The molecule has 0 aliphatic heterocycles. The summed E-state index contributed by atoms with van der Waals surface area (Å²) in [5.41, 5.74) is 2.31. The molecular formula is C21H23N5O2. The highest BCUT2D eigenvalue weighted by Gasteiger charge is 2.10. The minimum Gasteiger partial charge on any atom is -0.497 e. The van der Waals surface area contributed by atoms with Crippen LogP contribution in [-0.4, -0.2) is 34.5 Å². The van der Waals surface area contributed by atoms with Crippen molar-refractivity contribution in [2.24, 2.45) is 0 Å². The minimum atomic E-state index is -0.255. The molecular weight excluding hydrogens is 354 g/mol. The maximum atomic E-state index is 12.4. The van der Waals surface area contributed by atoms with Crippen LogP contribution in [-0.2, 0) is 13.0 Å². The van der Waals surface area contributed by atoms with Crippen LogP contribution in [0.5, 0.6) is 5.75 Å². The second-order valence-electron chi connectivity index (χ2n) is 6.21. The van der Waals surface area contributed by atoms with Crippen LogP contribution in [0.1, 0.15) is 27.6 Å². The van der Waals surface area contributed by atoms with Crippen molar-refractivity contribution < 1.29 is 9.53 Å². The number of anilines is 1. The Morgan fingerprint density at radius 3 is 2.64 bits per heavy atom. The van der Waals surface area contributed by atoms with Crippen LogP contribution in [0.15, 0.2) is 54.7 Å². The molecule has 0 fully saturated rings. The van der Waals surface area contributed by atoms with Gasteiger partial charge in [-0.1, -0.05) is 18.2 Å². The Bertz CT molecular complexity index is 914. The molecule has 0 radical (unpaired) electrons. The molecule has 0 saturated carbocycles. The van der Waals surface area contributed by atoms with Gasteiger partial charge < -0.3 is 15.4 Å². The summed E-state index contributed by atoms with van der Waals surface area (Å²) in [7, 11) is 1.65. The summed E-state index contributed by atoms with van der Waals surface area (Å²) in [4.78, 5) is 25.2. The maximum absolute atomic E-state index is 12.4. The Morgan fingerprint density at radius 2 is 1.93 bits per heavy atom. The van der Waals surface area contributed by atoms with E-state index in [0.29, 0.717) is 30.4 Å². The zero-order chi connectivity index (χ0) is 19.8.